The number of ether oxygens (including phenoxy) is 2. The summed E-state index contributed by atoms with van der Waals surface area (Å²) in [6, 6.07) is 15.9. The Labute approximate surface area is 238 Å². The molecule has 210 valence electrons. The highest BCUT2D eigenvalue weighted by Gasteiger charge is 2.44. The molecule has 1 atom stereocenters. The Morgan fingerprint density at radius 3 is 2.63 bits per heavy atom. The third-order valence-corrected chi connectivity index (χ3v) is 6.73. The third-order valence-electron chi connectivity index (χ3n) is 6.73. The van der Waals surface area contributed by atoms with E-state index in [1.807, 2.05) is 18.2 Å². The lowest BCUT2D eigenvalue weighted by Gasteiger charge is -2.35. The van der Waals surface area contributed by atoms with Gasteiger partial charge in [0.05, 0.1) is 19.1 Å². The topological polar surface area (TPSA) is 119 Å². The molecule has 0 unspecified atom stereocenters. The summed E-state index contributed by atoms with van der Waals surface area (Å²) < 4.78 is 10.9. The van der Waals surface area contributed by atoms with Crippen molar-refractivity contribution in [2.75, 3.05) is 20.4 Å². The van der Waals surface area contributed by atoms with Crippen LogP contribution in [0.25, 0.3) is 11.3 Å². The van der Waals surface area contributed by atoms with Crippen LogP contribution in [-0.4, -0.2) is 53.6 Å². The van der Waals surface area contributed by atoms with E-state index < -0.39 is 16.9 Å². The number of hydrogen-bond donors (Lipinski definition) is 2. The zero-order valence-corrected chi connectivity index (χ0v) is 23.2. The van der Waals surface area contributed by atoms with Gasteiger partial charge in [-0.2, -0.15) is 5.48 Å². The molecule has 5 rings (SSSR count). The van der Waals surface area contributed by atoms with E-state index in [4.69, 9.17) is 14.3 Å². The first kappa shape index (κ1) is 27.8. The number of amides is 2. The molecule has 2 aliphatic rings. The van der Waals surface area contributed by atoms with Crippen LogP contribution in [0.3, 0.4) is 0 Å². The summed E-state index contributed by atoms with van der Waals surface area (Å²) in [7, 11) is 1.54. The van der Waals surface area contributed by atoms with Crippen molar-refractivity contribution in [1.29, 1.82) is 0 Å². The molecule has 0 aliphatic carbocycles. The number of aromatic nitrogens is 1. The summed E-state index contributed by atoms with van der Waals surface area (Å²) in [6.45, 7) is 5.64. The maximum atomic E-state index is 13.2. The van der Waals surface area contributed by atoms with Gasteiger partial charge in [-0.05, 0) is 62.7 Å². The van der Waals surface area contributed by atoms with Gasteiger partial charge >= 0.3 is 5.97 Å². The van der Waals surface area contributed by atoms with Crippen LogP contribution in [0.1, 0.15) is 42.3 Å². The molecule has 0 radical (unpaired) electrons. The number of carbonyl (C=O) groups is 3. The molecule has 2 N–H and O–H groups in total. The summed E-state index contributed by atoms with van der Waals surface area (Å²) in [5.74, 6) is 6.02. The van der Waals surface area contributed by atoms with E-state index in [-0.39, 0.29) is 25.2 Å². The largest absolute Gasteiger partial charge is 0.497 e. The van der Waals surface area contributed by atoms with Crippen LogP contribution in [0, 0.1) is 17.3 Å². The number of hydroxylamine groups is 1. The SMILES string of the molecule is COc1ccc2c(c1)C(=O)N(C[C@@]1(C#Cc3ccc(-c4ncccc4OC(=O)C(C)(C)C)cc3)NOCNC1=O)C2. The smallest absolute Gasteiger partial charge is 0.316 e. The van der Waals surface area contributed by atoms with E-state index in [1.54, 1.807) is 75.4 Å². The maximum Gasteiger partial charge on any atom is 0.316 e. The number of carbonyl (C=O) groups excluding carboxylic acids is 3. The van der Waals surface area contributed by atoms with Crippen molar-refractivity contribution in [3.05, 3.63) is 77.5 Å². The van der Waals surface area contributed by atoms with Gasteiger partial charge in [-0.25, -0.2) is 0 Å². The molecule has 1 fully saturated rings. The Bertz CT molecular complexity index is 1570. The molecular formula is C31H30N4O6. The second-order valence-electron chi connectivity index (χ2n) is 10.8. The Balaban J connectivity index is 1.38. The number of nitrogens with one attached hydrogen (secondary N) is 2. The van der Waals surface area contributed by atoms with Crippen molar-refractivity contribution >= 4 is 17.8 Å². The molecular weight excluding hydrogens is 524 g/mol. The number of nitrogens with zero attached hydrogens (tertiary/aromatic N) is 2. The molecule has 41 heavy (non-hydrogen) atoms. The predicted molar refractivity (Wildman–Crippen MR) is 149 cm³/mol. The average molecular weight is 555 g/mol. The molecule has 10 heteroatoms. The molecule has 0 saturated carbocycles. The number of esters is 1. The predicted octanol–water partition coefficient (Wildman–Crippen LogP) is 3.06. The highest BCUT2D eigenvalue weighted by atomic mass is 16.7. The zero-order chi connectivity index (χ0) is 29.2. The Morgan fingerprint density at radius 1 is 1.15 bits per heavy atom. The van der Waals surface area contributed by atoms with Gasteiger partial charge in [0.25, 0.3) is 11.8 Å². The maximum absolute atomic E-state index is 13.2. The molecule has 10 nitrogen and oxygen atoms in total. The number of fused-ring (bicyclic) bond motifs is 1. The van der Waals surface area contributed by atoms with E-state index in [2.05, 4.69) is 27.6 Å². The van der Waals surface area contributed by atoms with Crippen LogP contribution in [-0.2, 0) is 21.0 Å². The summed E-state index contributed by atoms with van der Waals surface area (Å²) in [4.78, 5) is 50.0. The monoisotopic (exact) mass is 554 g/mol. The molecule has 1 saturated heterocycles. The Hall–Kier alpha value is -4.72. The first-order chi connectivity index (χ1) is 19.6. The summed E-state index contributed by atoms with van der Waals surface area (Å²) >= 11 is 0. The third kappa shape index (κ3) is 5.77. The lowest BCUT2D eigenvalue weighted by Crippen LogP contribution is -2.66. The van der Waals surface area contributed by atoms with Crippen LogP contribution < -0.4 is 20.3 Å². The molecule has 0 spiro atoms. The Morgan fingerprint density at radius 2 is 1.93 bits per heavy atom. The second kappa shape index (κ2) is 11.0. The minimum Gasteiger partial charge on any atom is -0.497 e. The molecule has 2 aliphatic heterocycles. The van der Waals surface area contributed by atoms with Crippen molar-refractivity contribution in [3.8, 4) is 34.6 Å². The van der Waals surface area contributed by atoms with Crippen LogP contribution in [0.4, 0.5) is 0 Å². The molecule has 0 bridgehead atoms. The Kier molecular flexibility index (Phi) is 7.49. The molecule has 3 heterocycles. The second-order valence-corrected chi connectivity index (χ2v) is 10.8. The number of methoxy groups -OCH3 is 1. The van der Waals surface area contributed by atoms with E-state index in [0.29, 0.717) is 34.9 Å². The van der Waals surface area contributed by atoms with E-state index in [0.717, 1.165) is 11.1 Å². The lowest BCUT2D eigenvalue weighted by molar-refractivity contribution is -0.145. The summed E-state index contributed by atoms with van der Waals surface area (Å²) in [5.41, 5.74) is 3.85. The summed E-state index contributed by atoms with van der Waals surface area (Å²) in [6.07, 6.45) is 1.63. The zero-order valence-electron chi connectivity index (χ0n) is 23.2. The first-order valence-corrected chi connectivity index (χ1v) is 13.0. The standard InChI is InChI=1S/C31H30N4O6/c1-30(2,3)29(38)41-25-6-5-15-32-26(25)21-9-7-20(8-10-21)13-14-31(28(37)33-19-40-34-31)18-35-17-22-11-12-23(39-4)16-24(22)27(35)36/h5-12,15-16,34H,17-19H2,1-4H3,(H,33,37)/t31-/m1/s1. The van der Waals surface area contributed by atoms with Crippen molar-refractivity contribution in [3.63, 3.8) is 0 Å². The van der Waals surface area contributed by atoms with Crippen molar-refractivity contribution in [2.24, 2.45) is 5.41 Å². The van der Waals surface area contributed by atoms with Crippen LogP contribution in [0.2, 0.25) is 0 Å². The highest BCUT2D eigenvalue weighted by Crippen LogP contribution is 2.30. The van der Waals surface area contributed by atoms with Gasteiger partial charge < -0.3 is 19.7 Å². The fourth-order valence-electron chi connectivity index (χ4n) is 4.40. The van der Waals surface area contributed by atoms with Crippen LogP contribution in [0.5, 0.6) is 11.5 Å². The van der Waals surface area contributed by atoms with Crippen LogP contribution >= 0.6 is 0 Å². The number of hydrogen-bond acceptors (Lipinski definition) is 8. The van der Waals surface area contributed by atoms with Crippen molar-refractivity contribution in [1.82, 2.24) is 20.7 Å². The van der Waals surface area contributed by atoms with Gasteiger partial charge in [0.1, 0.15) is 18.2 Å². The van der Waals surface area contributed by atoms with Gasteiger partial charge in [0.15, 0.2) is 11.3 Å². The highest BCUT2D eigenvalue weighted by molar-refractivity contribution is 6.00. The minimum atomic E-state index is -1.49. The number of pyridine rings is 1. The summed E-state index contributed by atoms with van der Waals surface area (Å²) in [5, 5.41) is 2.67. The van der Waals surface area contributed by atoms with Crippen molar-refractivity contribution < 1.29 is 28.7 Å². The van der Waals surface area contributed by atoms with Gasteiger partial charge in [-0.1, -0.05) is 30.0 Å². The first-order valence-electron chi connectivity index (χ1n) is 13.0. The van der Waals surface area contributed by atoms with Crippen molar-refractivity contribution in [2.45, 2.75) is 32.9 Å². The van der Waals surface area contributed by atoms with Gasteiger partial charge in [0.2, 0.25) is 0 Å². The normalized spacial score (nSPS) is 18.2. The van der Waals surface area contributed by atoms with Crippen LogP contribution in [0.15, 0.2) is 60.8 Å². The molecule has 1 aromatic heterocycles. The van der Waals surface area contributed by atoms with E-state index >= 15 is 0 Å². The molecule has 3 aromatic rings. The minimum absolute atomic E-state index is 0.0193. The van der Waals surface area contributed by atoms with E-state index in [1.165, 1.54) is 0 Å². The van der Waals surface area contributed by atoms with Gasteiger partial charge in [-0.3, -0.25) is 24.2 Å². The number of benzene rings is 2. The quantitative estimate of drug-likeness (QED) is 0.365. The number of rotatable bonds is 5. The molecule has 2 aromatic carbocycles. The van der Waals surface area contributed by atoms with Gasteiger partial charge in [-0.15, -0.1) is 0 Å². The fourth-order valence-corrected chi connectivity index (χ4v) is 4.40. The fraction of sp³-hybridized carbons (Fsp3) is 0.290. The average Bonchev–Trinajstić information content (AvgIpc) is 3.27. The lowest BCUT2D eigenvalue weighted by atomic mass is 9.97. The van der Waals surface area contributed by atoms with E-state index in [9.17, 15) is 14.4 Å². The van der Waals surface area contributed by atoms with Gasteiger partial charge in [0, 0.05) is 29.4 Å². The molecule has 2 amide bonds.